The van der Waals surface area contributed by atoms with E-state index in [1.165, 1.54) is 12.5 Å². The van der Waals surface area contributed by atoms with Gasteiger partial charge < -0.3 is 10.0 Å². The van der Waals surface area contributed by atoms with Gasteiger partial charge in [-0.15, -0.1) is 0 Å². The number of hydrogen-bond donors (Lipinski definition) is 1. The first kappa shape index (κ1) is 13.1. The van der Waals surface area contributed by atoms with Gasteiger partial charge in [-0.3, -0.25) is 9.59 Å². The van der Waals surface area contributed by atoms with Crippen LogP contribution in [-0.4, -0.2) is 28.4 Å². The minimum atomic E-state index is -1.07. The maximum Gasteiger partial charge on any atom is 0.315 e. The summed E-state index contributed by atoms with van der Waals surface area (Å²) in [5.74, 6) is -2.35. The standard InChI is InChI=1S/C13H14BrNO3/c1-8(13(17)18)12(16)15-5-4-9-6-11(14)3-2-10(9)7-15/h2-3,6,8H,4-5,7H2,1H3,(H,17,18). The zero-order valence-corrected chi connectivity index (χ0v) is 11.6. The third kappa shape index (κ3) is 2.56. The predicted octanol–water partition coefficient (Wildman–Crippen LogP) is 2.05. The average Bonchev–Trinajstić information content (AvgIpc) is 2.36. The molecule has 96 valence electrons. The van der Waals surface area contributed by atoms with Gasteiger partial charge in [0, 0.05) is 17.6 Å². The molecule has 1 amide bonds. The van der Waals surface area contributed by atoms with Gasteiger partial charge in [-0.25, -0.2) is 0 Å². The summed E-state index contributed by atoms with van der Waals surface area (Å²) in [7, 11) is 0. The predicted molar refractivity (Wildman–Crippen MR) is 70.1 cm³/mol. The van der Waals surface area contributed by atoms with E-state index in [9.17, 15) is 9.59 Å². The second kappa shape index (κ2) is 5.10. The summed E-state index contributed by atoms with van der Waals surface area (Å²) in [6.07, 6.45) is 0.771. The van der Waals surface area contributed by atoms with Gasteiger partial charge in [0.1, 0.15) is 5.92 Å². The smallest absolute Gasteiger partial charge is 0.315 e. The van der Waals surface area contributed by atoms with Crippen LogP contribution in [0, 0.1) is 5.92 Å². The summed E-state index contributed by atoms with van der Waals surface area (Å²) >= 11 is 3.42. The highest BCUT2D eigenvalue weighted by Crippen LogP contribution is 2.23. The molecule has 0 saturated heterocycles. The fraction of sp³-hybridized carbons (Fsp3) is 0.385. The Hall–Kier alpha value is -1.36. The maximum atomic E-state index is 12.0. The fourth-order valence-corrected chi connectivity index (χ4v) is 2.50. The van der Waals surface area contributed by atoms with Crippen molar-refractivity contribution in [1.29, 1.82) is 0 Å². The number of carbonyl (C=O) groups excluding carboxylic acids is 1. The number of carbonyl (C=O) groups is 2. The van der Waals surface area contributed by atoms with Gasteiger partial charge in [0.05, 0.1) is 0 Å². The zero-order chi connectivity index (χ0) is 13.3. The number of rotatable bonds is 2. The lowest BCUT2D eigenvalue weighted by atomic mass is 9.98. The van der Waals surface area contributed by atoms with Crippen molar-refractivity contribution in [1.82, 2.24) is 4.90 Å². The van der Waals surface area contributed by atoms with Crippen molar-refractivity contribution in [2.24, 2.45) is 5.92 Å². The van der Waals surface area contributed by atoms with Crippen molar-refractivity contribution in [3.05, 3.63) is 33.8 Å². The van der Waals surface area contributed by atoms with Crippen LogP contribution in [0.3, 0.4) is 0 Å². The highest BCUT2D eigenvalue weighted by Gasteiger charge is 2.28. The van der Waals surface area contributed by atoms with Crippen molar-refractivity contribution >= 4 is 27.8 Å². The molecule has 1 atom stereocenters. The summed E-state index contributed by atoms with van der Waals surface area (Å²) in [5.41, 5.74) is 2.31. The van der Waals surface area contributed by atoms with E-state index in [0.717, 1.165) is 16.5 Å². The number of nitrogens with zero attached hydrogens (tertiary/aromatic N) is 1. The molecule has 0 saturated carbocycles. The average molecular weight is 312 g/mol. The van der Waals surface area contributed by atoms with Crippen LogP contribution in [0.1, 0.15) is 18.1 Å². The number of amides is 1. The Morgan fingerprint density at radius 3 is 2.78 bits per heavy atom. The van der Waals surface area contributed by atoms with E-state index in [1.54, 1.807) is 4.90 Å². The van der Waals surface area contributed by atoms with Crippen molar-refractivity contribution in [3.8, 4) is 0 Å². The molecule has 18 heavy (non-hydrogen) atoms. The van der Waals surface area contributed by atoms with Crippen molar-refractivity contribution in [2.45, 2.75) is 19.9 Å². The molecule has 1 aromatic rings. The van der Waals surface area contributed by atoms with Crippen molar-refractivity contribution in [2.75, 3.05) is 6.54 Å². The summed E-state index contributed by atoms with van der Waals surface area (Å²) in [4.78, 5) is 24.4. The van der Waals surface area contributed by atoms with Crippen LogP contribution in [0.4, 0.5) is 0 Å². The van der Waals surface area contributed by atoms with E-state index >= 15 is 0 Å². The third-order valence-electron chi connectivity index (χ3n) is 3.23. The SMILES string of the molecule is CC(C(=O)O)C(=O)N1CCc2cc(Br)ccc2C1. The number of aliphatic carboxylic acids is 1. The lowest BCUT2D eigenvalue weighted by Crippen LogP contribution is -2.41. The van der Waals surface area contributed by atoms with Gasteiger partial charge in [0.25, 0.3) is 0 Å². The molecule has 1 aliphatic heterocycles. The van der Waals surface area contributed by atoms with Crippen LogP contribution in [0.15, 0.2) is 22.7 Å². The highest BCUT2D eigenvalue weighted by molar-refractivity contribution is 9.10. The Balaban J connectivity index is 2.15. The van der Waals surface area contributed by atoms with E-state index < -0.39 is 11.9 Å². The van der Waals surface area contributed by atoms with Crippen molar-refractivity contribution < 1.29 is 14.7 Å². The molecular weight excluding hydrogens is 298 g/mol. The van der Waals surface area contributed by atoms with Crippen molar-refractivity contribution in [3.63, 3.8) is 0 Å². The Labute approximate surface area is 114 Å². The van der Waals surface area contributed by atoms with E-state index in [4.69, 9.17) is 5.11 Å². The molecule has 1 N–H and O–H groups in total. The molecule has 0 spiro atoms. The second-order valence-electron chi connectivity index (χ2n) is 4.48. The van der Waals surface area contributed by atoms with Gasteiger partial charge in [-0.2, -0.15) is 0 Å². The Bertz CT molecular complexity index is 501. The number of carboxylic acids is 1. The monoisotopic (exact) mass is 311 g/mol. The van der Waals surface area contributed by atoms with Crippen LogP contribution < -0.4 is 0 Å². The van der Waals surface area contributed by atoms with Gasteiger partial charge in [-0.05, 0) is 36.6 Å². The molecule has 0 fully saturated rings. The van der Waals surface area contributed by atoms with E-state index in [0.29, 0.717) is 13.1 Å². The number of hydrogen-bond acceptors (Lipinski definition) is 2. The molecule has 2 rings (SSSR count). The van der Waals surface area contributed by atoms with E-state index in [-0.39, 0.29) is 5.91 Å². The molecule has 0 bridgehead atoms. The first-order chi connectivity index (χ1) is 8.49. The van der Waals surface area contributed by atoms with Gasteiger partial charge in [0.15, 0.2) is 0 Å². The number of halogens is 1. The highest BCUT2D eigenvalue weighted by atomic mass is 79.9. The second-order valence-corrected chi connectivity index (χ2v) is 5.40. The molecule has 4 nitrogen and oxygen atoms in total. The Morgan fingerprint density at radius 1 is 1.39 bits per heavy atom. The molecule has 1 aliphatic rings. The summed E-state index contributed by atoms with van der Waals surface area (Å²) in [5, 5.41) is 8.86. The summed E-state index contributed by atoms with van der Waals surface area (Å²) < 4.78 is 1.03. The topological polar surface area (TPSA) is 57.6 Å². The van der Waals surface area contributed by atoms with E-state index in [2.05, 4.69) is 22.0 Å². The summed E-state index contributed by atoms with van der Waals surface area (Å²) in [6.45, 7) is 2.51. The molecule has 1 unspecified atom stereocenters. The minimum absolute atomic E-state index is 0.309. The first-order valence-corrected chi connectivity index (χ1v) is 6.57. The first-order valence-electron chi connectivity index (χ1n) is 5.78. The quantitative estimate of drug-likeness (QED) is 0.851. The molecule has 1 aromatic carbocycles. The van der Waals surface area contributed by atoms with Gasteiger partial charge >= 0.3 is 5.97 Å². The van der Waals surface area contributed by atoms with Crippen LogP contribution in [0.2, 0.25) is 0 Å². The third-order valence-corrected chi connectivity index (χ3v) is 3.73. The Kier molecular flexibility index (Phi) is 3.71. The normalized spacial score (nSPS) is 16.0. The maximum absolute atomic E-state index is 12.0. The Morgan fingerprint density at radius 2 is 2.11 bits per heavy atom. The largest absolute Gasteiger partial charge is 0.481 e. The lowest BCUT2D eigenvalue weighted by molar-refractivity contribution is -0.150. The molecule has 1 heterocycles. The molecular formula is C13H14BrNO3. The molecule has 0 radical (unpaired) electrons. The molecule has 5 heteroatoms. The fourth-order valence-electron chi connectivity index (χ4n) is 2.09. The lowest BCUT2D eigenvalue weighted by Gasteiger charge is -2.30. The van der Waals surface area contributed by atoms with Gasteiger partial charge in [-0.1, -0.05) is 22.0 Å². The van der Waals surface area contributed by atoms with Crippen LogP contribution in [0.25, 0.3) is 0 Å². The number of benzene rings is 1. The zero-order valence-electron chi connectivity index (χ0n) is 10.0. The van der Waals surface area contributed by atoms with E-state index in [1.807, 2.05) is 12.1 Å². The minimum Gasteiger partial charge on any atom is -0.481 e. The van der Waals surface area contributed by atoms with Crippen LogP contribution >= 0.6 is 15.9 Å². The van der Waals surface area contributed by atoms with Gasteiger partial charge in [0.2, 0.25) is 5.91 Å². The number of carboxylic acid groups (broad SMARTS) is 1. The summed E-state index contributed by atoms with van der Waals surface area (Å²) in [6, 6.07) is 5.97. The molecule has 0 aliphatic carbocycles. The molecule has 0 aromatic heterocycles. The van der Waals surface area contributed by atoms with Crippen LogP contribution in [-0.2, 0) is 22.6 Å². The number of fused-ring (bicyclic) bond motifs is 1. The van der Waals surface area contributed by atoms with Crippen LogP contribution in [0.5, 0.6) is 0 Å².